The SMILES string of the molecule is Oc1ccccc1CSc1cc2ccccc2[nH]1. The van der Waals surface area contributed by atoms with E-state index in [1.807, 2.05) is 30.3 Å². The van der Waals surface area contributed by atoms with Crippen molar-refractivity contribution in [3.63, 3.8) is 0 Å². The Morgan fingerprint density at radius 2 is 1.78 bits per heavy atom. The number of phenolic OH excluding ortho intramolecular Hbond substituents is 1. The summed E-state index contributed by atoms with van der Waals surface area (Å²) in [5, 5.41) is 12.0. The quantitative estimate of drug-likeness (QED) is 0.689. The molecular weight excluding hydrogens is 242 g/mol. The standard InChI is InChI=1S/C15H13NOS/c17-14-8-4-2-6-12(14)10-18-15-9-11-5-1-3-7-13(11)16-15/h1-9,16-17H,10H2. The van der Waals surface area contributed by atoms with Crippen LogP contribution in [0.15, 0.2) is 59.6 Å². The smallest absolute Gasteiger partial charge is 0.119 e. The molecule has 0 bridgehead atoms. The van der Waals surface area contributed by atoms with Crippen molar-refractivity contribution in [1.29, 1.82) is 0 Å². The fourth-order valence-electron chi connectivity index (χ4n) is 1.91. The molecule has 18 heavy (non-hydrogen) atoms. The summed E-state index contributed by atoms with van der Waals surface area (Å²) in [7, 11) is 0. The van der Waals surface area contributed by atoms with Crippen molar-refractivity contribution >= 4 is 22.7 Å². The van der Waals surface area contributed by atoms with E-state index >= 15 is 0 Å². The summed E-state index contributed by atoms with van der Waals surface area (Å²) in [6, 6.07) is 17.8. The lowest BCUT2D eigenvalue weighted by Gasteiger charge is -2.02. The lowest BCUT2D eigenvalue weighted by atomic mass is 10.2. The maximum Gasteiger partial charge on any atom is 0.119 e. The lowest BCUT2D eigenvalue weighted by Crippen LogP contribution is -1.81. The number of phenols is 1. The maximum absolute atomic E-state index is 9.70. The normalized spacial score (nSPS) is 10.9. The molecule has 0 aliphatic rings. The van der Waals surface area contributed by atoms with Gasteiger partial charge in [-0.1, -0.05) is 36.4 Å². The molecule has 0 fully saturated rings. The highest BCUT2D eigenvalue weighted by Crippen LogP contribution is 2.28. The van der Waals surface area contributed by atoms with E-state index in [1.54, 1.807) is 17.8 Å². The summed E-state index contributed by atoms with van der Waals surface area (Å²) in [6.07, 6.45) is 0. The van der Waals surface area contributed by atoms with Crippen LogP contribution in [0.4, 0.5) is 0 Å². The van der Waals surface area contributed by atoms with Crippen LogP contribution in [0.1, 0.15) is 5.56 Å². The van der Waals surface area contributed by atoms with Gasteiger partial charge in [0.15, 0.2) is 0 Å². The molecule has 3 heteroatoms. The van der Waals surface area contributed by atoms with Crippen molar-refractivity contribution in [3.05, 3.63) is 60.2 Å². The van der Waals surface area contributed by atoms with E-state index in [0.717, 1.165) is 21.9 Å². The Morgan fingerprint density at radius 3 is 2.61 bits per heavy atom. The number of rotatable bonds is 3. The van der Waals surface area contributed by atoms with Crippen molar-refractivity contribution in [2.24, 2.45) is 0 Å². The Morgan fingerprint density at radius 1 is 1.00 bits per heavy atom. The molecule has 0 saturated heterocycles. The molecule has 0 unspecified atom stereocenters. The van der Waals surface area contributed by atoms with Crippen molar-refractivity contribution in [2.45, 2.75) is 10.8 Å². The zero-order valence-corrected chi connectivity index (χ0v) is 10.6. The fourth-order valence-corrected chi connectivity index (χ4v) is 2.86. The highest BCUT2D eigenvalue weighted by molar-refractivity contribution is 7.98. The third-order valence-corrected chi connectivity index (χ3v) is 3.87. The van der Waals surface area contributed by atoms with Crippen LogP contribution < -0.4 is 0 Å². The molecule has 90 valence electrons. The van der Waals surface area contributed by atoms with E-state index in [0.29, 0.717) is 5.75 Å². The van der Waals surface area contributed by atoms with Crippen LogP contribution in [0.2, 0.25) is 0 Å². The maximum atomic E-state index is 9.70. The second-order valence-electron chi connectivity index (χ2n) is 4.14. The molecule has 3 rings (SSSR count). The van der Waals surface area contributed by atoms with Crippen molar-refractivity contribution < 1.29 is 5.11 Å². The molecular formula is C15H13NOS. The van der Waals surface area contributed by atoms with Gasteiger partial charge in [-0.2, -0.15) is 0 Å². The van der Waals surface area contributed by atoms with Gasteiger partial charge < -0.3 is 10.1 Å². The molecule has 1 heterocycles. The molecule has 0 amide bonds. The number of aromatic nitrogens is 1. The molecule has 0 spiro atoms. The molecule has 2 nitrogen and oxygen atoms in total. The van der Waals surface area contributed by atoms with Crippen molar-refractivity contribution in [3.8, 4) is 5.75 Å². The zero-order valence-electron chi connectivity index (χ0n) is 9.76. The predicted octanol–water partition coefficient (Wildman–Crippen LogP) is 4.17. The van der Waals surface area contributed by atoms with E-state index in [4.69, 9.17) is 0 Å². The number of thioether (sulfide) groups is 1. The number of H-pyrrole nitrogens is 1. The summed E-state index contributed by atoms with van der Waals surface area (Å²) in [6.45, 7) is 0. The molecule has 0 radical (unpaired) electrons. The lowest BCUT2D eigenvalue weighted by molar-refractivity contribution is 0.470. The summed E-state index contributed by atoms with van der Waals surface area (Å²) in [5.41, 5.74) is 2.11. The van der Waals surface area contributed by atoms with E-state index in [2.05, 4.69) is 23.2 Å². The predicted molar refractivity (Wildman–Crippen MR) is 76.0 cm³/mol. The van der Waals surface area contributed by atoms with Gasteiger partial charge in [-0.15, -0.1) is 11.8 Å². The molecule has 2 N–H and O–H groups in total. The van der Waals surface area contributed by atoms with Gasteiger partial charge in [-0.3, -0.25) is 0 Å². The fraction of sp³-hybridized carbons (Fsp3) is 0.0667. The zero-order chi connectivity index (χ0) is 12.4. The first-order valence-electron chi connectivity index (χ1n) is 5.80. The largest absolute Gasteiger partial charge is 0.508 e. The van der Waals surface area contributed by atoms with Crippen LogP contribution in [0.5, 0.6) is 5.75 Å². The second-order valence-corrected chi connectivity index (χ2v) is 5.16. The van der Waals surface area contributed by atoms with E-state index in [9.17, 15) is 5.11 Å². The molecule has 1 aromatic heterocycles. The molecule has 0 aliphatic heterocycles. The first kappa shape index (κ1) is 11.2. The van der Waals surface area contributed by atoms with E-state index in [-0.39, 0.29) is 0 Å². The minimum absolute atomic E-state index is 0.362. The Kier molecular flexibility index (Phi) is 2.99. The first-order valence-corrected chi connectivity index (χ1v) is 6.79. The number of aromatic hydroxyl groups is 1. The van der Waals surface area contributed by atoms with E-state index in [1.165, 1.54) is 5.39 Å². The van der Waals surface area contributed by atoms with Gasteiger partial charge in [0.2, 0.25) is 0 Å². The van der Waals surface area contributed by atoms with Crippen LogP contribution in [0.3, 0.4) is 0 Å². The van der Waals surface area contributed by atoms with E-state index < -0.39 is 0 Å². The number of nitrogens with one attached hydrogen (secondary N) is 1. The van der Waals surface area contributed by atoms with Gasteiger partial charge in [0.25, 0.3) is 0 Å². The molecule has 0 atom stereocenters. The van der Waals surface area contributed by atoms with Crippen molar-refractivity contribution in [2.75, 3.05) is 0 Å². The minimum Gasteiger partial charge on any atom is -0.508 e. The van der Waals surface area contributed by atoms with Crippen LogP contribution >= 0.6 is 11.8 Å². The van der Waals surface area contributed by atoms with Gasteiger partial charge in [0.05, 0.1) is 5.03 Å². The average molecular weight is 255 g/mol. The summed E-state index contributed by atoms with van der Waals surface area (Å²) in [4.78, 5) is 3.37. The van der Waals surface area contributed by atoms with Crippen molar-refractivity contribution in [1.82, 2.24) is 4.98 Å². The summed E-state index contributed by atoms with van der Waals surface area (Å²) < 4.78 is 0. The Balaban J connectivity index is 1.79. The molecule has 0 saturated carbocycles. The number of fused-ring (bicyclic) bond motifs is 1. The highest BCUT2D eigenvalue weighted by Gasteiger charge is 2.03. The van der Waals surface area contributed by atoms with Gasteiger partial charge >= 0.3 is 0 Å². The monoisotopic (exact) mass is 255 g/mol. The number of hydrogen-bond acceptors (Lipinski definition) is 2. The number of hydrogen-bond donors (Lipinski definition) is 2. The second kappa shape index (κ2) is 4.78. The minimum atomic E-state index is 0.362. The van der Waals surface area contributed by atoms with Gasteiger partial charge in [-0.05, 0) is 18.2 Å². The first-order chi connectivity index (χ1) is 8.83. The van der Waals surface area contributed by atoms with Crippen LogP contribution in [-0.2, 0) is 5.75 Å². The number of para-hydroxylation sites is 2. The van der Waals surface area contributed by atoms with Gasteiger partial charge in [0.1, 0.15) is 5.75 Å². The van der Waals surface area contributed by atoms with Crippen LogP contribution in [0.25, 0.3) is 10.9 Å². The number of aromatic amines is 1. The molecule has 2 aromatic carbocycles. The summed E-state index contributed by atoms with van der Waals surface area (Å²) >= 11 is 1.70. The Bertz CT molecular complexity index is 642. The molecule has 3 aromatic rings. The third kappa shape index (κ3) is 2.22. The third-order valence-electron chi connectivity index (χ3n) is 2.88. The van der Waals surface area contributed by atoms with Gasteiger partial charge in [-0.25, -0.2) is 0 Å². The average Bonchev–Trinajstić information content (AvgIpc) is 2.80. The molecule has 0 aliphatic carbocycles. The van der Waals surface area contributed by atoms with Gasteiger partial charge in [0, 0.05) is 22.2 Å². The Hall–Kier alpha value is -1.87. The van der Waals surface area contributed by atoms with Crippen LogP contribution in [-0.4, -0.2) is 10.1 Å². The highest BCUT2D eigenvalue weighted by atomic mass is 32.2. The number of benzene rings is 2. The topological polar surface area (TPSA) is 36.0 Å². The van der Waals surface area contributed by atoms with Crippen LogP contribution in [0, 0.1) is 0 Å². The summed E-state index contributed by atoms with van der Waals surface area (Å²) in [5.74, 6) is 1.13. The Labute approximate surface area is 110 Å².